The van der Waals surface area contributed by atoms with Gasteiger partial charge in [0.25, 0.3) is 0 Å². The first-order valence-corrected chi connectivity index (χ1v) is 6.83. The van der Waals surface area contributed by atoms with Gasteiger partial charge in [0.15, 0.2) is 0 Å². The van der Waals surface area contributed by atoms with Crippen LogP contribution in [-0.4, -0.2) is 43.5 Å². The van der Waals surface area contributed by atoms with Crippen LogP contribution in [0.2, 0.25) is 5.02 Å². The van der Waals surface area contributed by atoms with Gasteiger partial charge in [-0.25, -0.2) is 0 Å². The third-order valence-electron chi connectivity index (χ3n) is 3.57. The SMILES string of the molecule is CN1CCC(CN(C)Cc2cc(N)ccc2Cl)C1. The highest BCUT2D eigenvalue weighted by atomic mass is 35.5. The van der Waals surface area contributed by atoms with Crippen molar-refractivity contribution in [3.05, 3.63) is 28.8 Å². The van der Waals surface area contributed by atoms with Gasteiger partial charge in [0.05, 0.1) is 0 Å². The van der Waals surface area contributed by atoms with Crippen LogP contribution in [0.25, 0.3) is 0 Å². The predicted octanol–water partition coefficient (Wildman–Crippen LogP) is 2.31. The van der Waals surface area contributed by atoms with Crippen LogP contribution in [0, 0.1) is 5.92 Å². The molecule has 1 aromatic rings. The summed E-state index contributed by atoms with van der Waals surface area (Å²) in [7, 11) is 4.34. The first-order chi connectivity index (χ1) is 8.54. The summed E-state index contributed by atoms with van der Waals surface area (Å²) in [4.78, 5) is 4.73. The largest absolute Gasteiger partial charge is 0.399 e. The second-order valence-corrected chi connectivity index (χ2v) is 5.87. The number of nitrogen functional groups attached to an aromatic ring is 1. The Bertz CT molecular complexity index is 408. The molecule has 0 aliphatic carbocycles. The van der Waals surface area contributed by atoms with E-state index in [1.807, 2.05) is 18.2 Å². The quantitative estimate of drug-likeness (QED) is 0.850. The normalized spacial score (nSPS) is 20.8. The van der Waals surface area contributed by atoms with E-state index in [0.717, 1.165) is 35.3 Å². The van der Waals surface area contributed by atoms with Crippen LogP contribution in [0.15, 0.2) is 18.2 Å². The lowest BCUT2D eigenvalue weighted by atomic mass is 10.1. The molecule has 1 heterocycles. The van der Waals surface area contributed by atoms with E-state index in [4.69, 9.17) is 17.3 Å². The molecule has 1 aliphatic rings. The summed E-state index contributed by atoms with van der Waals surface area (Å²) in [6.45, 7) is 4.41. The number of anilines is 1. The van der Waals surface area contributed by atoms with Crippen LogP contribution < -0.4 is 5.73 Å². The summed E-state index contributed by atoms with van der Waals surface area (Å²) >= 11 is 6.19. The second-order valence-electron chi connectivity index (χ2n) is 5.46. The van der Waals surface area contributed by atoms with Gasteiger partial charge in [0, 0.05) is 30.3 Å². The maximum absolute atomic E-state index is 6.19. The fraction of sp³-hybridized carbons (Fsp3) is 0.571. The van der Waals surface area contributed by atoms with Gasteiger partial charge < -0.3 is 15.5 Å². The van der Waals surface area contributed by atoms with Gasteiger partial charge in [-0.15, -0.1) is 0 Å². The standard InChI is InChI=1S/C14H22ClN3/c1-17-6-5-11(8-17)9-18(2)10-12-7-13(16)3-4-14(12)15/h3-4,7,11H,5-6,8-10,16H2,1-2H3. The van der Waals surface area contributed by atoms with Gasteiger partial charge in [0.1, 0.15) is 0 Å². The average Bonchev–Trinajstić information content (AvgIpc) is 2.69. The van der Waals surface area contributed by atoms with Gasteiger partial charge in [-0.3, -0.25) is 0 Å². The highest BCUT2D eigenvalue weighted by Gasteiger charge is 2.20. The van der Waals surface area contributed by atoms with Crippen LogP contribution >= 0.6 is 11.6 Å². The Kier molecular flexibility index (Phi) is 4.49. The summed E-state index contributed by atoms with van der Waals surface area (Å²) in [5.41, 5.74) is 7.70. The molecule has 1 saturated heterocycles. The molecule has 0 spiro atoms. The van der Waals surface area contributed by atoms with Crippen molar-refractivity contribution in [2.45, 2.75) is 13.0 Å². The molecule has 2 rings (SSSR count). The van der Waals surface area contributed by atoms with Crippen molar-refractivity contribution < 1.29 is 0 Å². The average molecular weight is 268 g/mol. The molecule has 0 amide bonds. The Morgan fingerprint density at radius 3 is 2.94 bits per heavy atom. The fourth-order valence-corrected chi connectivity index (χ4v) is 2.86. The van der Waals surface area contributed by atoms with Gasteiger partial charge in [0.2, 0.25) is 0 Å². The minimum atomic E-state index is 0.778. The topological polar surface area (TPSA) is 32.5 Å². The maximum Gasteiger partial charge on any atom is 0.0452 e. The molecule has 0 bridgehead atoms. The number of nitrogens with two attached hydrogens (primary N) is 1. The van der Waals surface area contributed by atoms with Crippen LogP contribution in [-0.2, 0) is 6.54 Å². The second kappa shape index (κ2) is 5.91. The monoisotopic (exact) mass is 267 g/mol. The van der Waals surface area contributed by atoms with E-state index in [-0.39, 0.29) is 0 Å². The molecule has 3 nitrogen and oxygen atoms in total. The third-order valence-corrected chi connectivity index (χ3v) is 3.94. The predicted molar refractivity (Wildman–Crippen MR) is 77.8 cm³/mol. The molecule has 4 heteroatoms. The van der Waals surface area contributed by atoms with Gasteiger partial charge >= 0.3 is 0 Å². The third kappa shape index (κ3) is 3.61. The number of rotatable bonds is 4. The minimum Gasteiger partial charge on any atom is -0.399 e. The first kappa shape index (κ1) is 13.7. The van der Waals surface area contributed by atoms with Crippen LogP contribution in [0.3, 0.4) is 0 Å². The lowest BCUT2D eigenvalue weighted by molar-refractivity contribution is 0.267. The van der Waals surface area contributed by atoms with Gasteiger partial charge in [-0.1, -0.05) is 11.6 Å². The molecule has 1 atom stereocenters. The summed E-state index contributed by atoms with van der Waals surface area (Å²) in [5, 5.41) is 0.805. The van der Waals surface area contributed by atoms with Crippen molar-refractivity contribution in [1.82, 2.24) is 9.80 Å². The highest BCUT2D eigenvalue weighted by molar-refractivity contribution is 6.31. The van der Waals surface area contributed by atoms with Crippen LogP contribution in [0.1, 0.15) is 12.0 Å². The Morgan fingerprint density at radius 1 is 1.50 bits per heavy atom. The minimum absolute atomic E-state index is 0.778. The van der Waals surface area contributed by atoms with Crippen LogP contribution in [0.5, 0.6) is 0 Å². The van der Waals surface area contributed by atoms with E-state index in [9.17, 15) is 0 Å². The van der Waals surface area contributed by atoms with E-state index < -0.39 is 0 Å². The molecule has 0 radical (unpaired) electrons. The highest BCUT2D eigenvalue weighted by Crippen LogP contribution is 2.21. The van der Waals surface area contributed by atoms with E-state index in [2.05, 4.69) is 23.9 Å². The van der Waals surface area contributed by atoms with Crippen molar-refractivity contribution in [3.8, 4) is 0 Å². The molecule has 100 valence electrons. The van der Waals surface area contributed by atoms with Crippen molar-refractivity contribution in [3.63, 3.8) is 0 Å². The van der Waals surface area contributed by atoms with E-state index in [1.54, 1.807) is 0 Å². The number of halogens is 1. The molecule has 1 aliphatic heterocycles. The zero-order valence-corrected chi connectivity index (χ0v) is 12.0. The molecule has 0 saturated carbocycles. The number of likely N-dealkylation sites (tertiary alicyclic amines) is 1. The van der Waals surface area contributed by atoms with E-state index in [1.165, 1.54) is 19.5 Å². The Labute approximate surface area is 115 Å². The number of benzene rings is 1. The van der Waals surface area contributed by atoms with Crippen LogP contribution in [0.4, 0.5) is 5.69 Å². The van der Waals surface area contributed by atoms with Crippen molar-refractivity contribution >= 4 is 17.3 Å². The number of hydrogen-bond donors (Lipinski definition) is 1. The zero-order valence-electron chi connectivity index (χ0n) is 11.2. The molecule has 1 aromatic carbocycles. The summed E-state index contributed by atoms with van der Waals surface area (Å²) in [5.74, 6) is 0.778. The summed E-state index contributed by atoms with van der Waals surface area (Å²) < 4.78 is 0. The van der Waals surface area contributed by atoms with Gasteiger partial charge in [-0.05, 0) is 56.7 Å². The number of nitrogens with zero attached hydrogens (tertiary/aromatic N) is 2. The smallest absolute Gasteiger partial charge is 0.0452 e. The fourth-order valence-electron chi connectivity index (χ4n) is 2.69. The van der Waals surface area contributed by atoms with Crippen molar-refractivity contribution in [2.24, 2.45) is 5.92 Å². The lowest BCUT2D eigenvalue weighted by Gasteiger charge is -2.21. The summed E-state index contributed by atoms with van der Waals surface area (Å²) in [6, 6.07) is 5.70. The summed E-state index contributed by atoms with van der Waals surface area (Å²) in [6.07, 6.45) is 1.30. The number of hydrogen-bond acceptors (Lipinski definition) is 3. The maximum atomic E-state index is 6.19. The molecule has 0 aromatic heterocycles. The Balaban J connectivity index is 1.90. The Morgan fingerprint density at radius 2 is 2.28 bits per heavy atom. The first-order valence-electron chi connectivity index (χ1n) is 6.45. The molecule has 2 N–H and O–H groups in total. The van der Waals surface area contributed by atoms with E-state index in [0.29, 0.717) is 0 Å². The molecule has 18 heavy (non-hydrogen) atoms. The van der Waals surface area contributed by atoms with Crippen molar-refractivity contribution in [1.29, 1.82) is 0 Å². The molecule has 1 fully saturated rings. The van der Waals surface area contributed by atoms with Crippen molar-refractivity contribution in [2.75, 3.05) is 39.5 Å². The lowest BCUT2D eigenvalue weighted by Crippen LogP contribution is -2.27. The Hall–Kier alpha value is -0.770. The zero-order chi connectivity index (χ0) is 13.1. The molecule has 1 unspecified atom stereocenters. The molecular formula is C14H22ClN3. The molecular weight excluding hydrogens is 246 g/mol. The van der Waals surface area contributed by atoms with E-state index >= 15 is 0 Å². The van der Waals surface area contributed by atoms with Gasteiger partial charge in [-0.2, -0.15) is 0 Å².